The summed E-state index contributed by atoms with van der Waals surface area (Å²) in [6.07, 6.45) is 3.33. The summed E-state index contributed by atoms with van der Waals surface area (Å²) in [5, 5.41) is 19.5. The lowest BCUT2D eigenvalue weighted by Gasteiger charge is -2.37. The summed E-state index contributed by atoms with van der Waals surface area (Å²) < 4.78 is 22.8. The first kappa shape index (κ1) is 30.5. The van der Waals surface area contributed by atoms with Crippen LogP contribution in [0.5, 0.6) is 0 Å². The molecule has 1 aromatic heterocycles. The molecule has 0 radical (unpaired) electrons. The highest BCUT2D eigenvalue weighted by Gasteiger charge is 2.31. The molecule has 218 valence electrons. The molecule has 1 amide bonds. The molecule has 2 aliphatic rings. The molecule has 3 heterocycles. The third-order valence-electron chi connectivity index (χ3n) is 7.00. The van der Waals surface area contributed by atoms with Crippen LogP contribution in [-0.2, 0) is 25.5 Å². The zero-order chi connectivity index (χ0) is 29.7. The second-order valence-electron chi connectivity index (χ2n) is 10.0. The summed E-state index contributed by atoms with van der Waals surface area (Å²) in [6, 6.07) is 0.323. The van der Waals surface area contributed by atoms with E-state index in [2.05, 4.69) is 5.32 Å². The van der Waals surface area contributed by atoms with Crippen molar-refractivity contribution in [3.63, 3.8) is 0 Å². The van der Waals surface area contributed by atoms with Crippen molar-refractivity contribution in [2.45, 2.75) is 71.1 Å². The van der Waals surface area contributed by atoms with Crippen LogP contribution in [0.2, 0.25) is 0 Å². The fourth-order valence-electron chi connectivity index (χ4n) is 5.10. The lowest BCUT2D eigenvalue weighted by Crippen LogP contribution is -2.44. The van der Waals surface area contributed by atoms with Gasteiger partial charge in [-0.05, 0) is 32.8 Å². The van der Waals surface area contributed by atoms with Crippen LogP contribution in [0.4, 0.5) is 10.1 Å². The summed E-state index contributed by atoms with van der Waals surface area (Å²) in [4.78, 5) is 59.3. The Morgan fingerprint density at radius 1 is 1.20 bits per heavy atom. The minimum Gasteiger partial charge on any atom is -0.481 e. The van der Waals surface area contributed by atoms with Gasteiger partial charge in [0.05, 0.1) is 11.2 Å². The Morgan fingerprint density at radius 3 is 2.40 bits per heavy atom. The number of piperidine rings is 1. The monoisotopic (exact) mass is 562 g/mol. The minimum absolute atomic E-state index is 0.0329. The Morgan fingerprint density at radius 2 is 1.82 bits per heavy atom. The molecule has 0 aliphatic carbocycles. The minimum atomic E-state index is -1.33. The van der Waals surface area contributed by atoms with Gasteiger partial charge < -0.3 is 35.5 Å². The largest absolute Gasteiger partial charge is 0.481 e. The maximum atomic E-state index is 15.4. The number of amides is 1. The van der Waals surface area contributed by atoms with E-state index in [0.717, 1.165) is 13.0 Å². The van der Waals surface area contributed by atoms with Gasteiger partial charge in [-0.15, -0.1) is 0 Å². The van der Waals surface area contributed by atoms with Gasteiger partial charge in [-0.2, -0.15) is 0 Å². The number of carboxylic acid groups (broad SMARTS) is 2. The zero-order valence-electron chi connectivity index (χ0n) is 22.7. The highest BCUT2D eigenvalue weighted by atomic mass is 19.1. The van der Waals surface area contributed by atoms with Crippen LogP contribution in [0.3, 0.4) is 0 Å². The number of carbonyl (C=O) groups is 4. The molecule has 5 N–H and O–H groups in total. The van der Waals surface area contributed by atoms with E-state index in [1.165, 1.54) is 6.20 Å². The van der Waals surface area contributed by atoms with E-state index in [0.29, 0.717) is 55.5 Å². The molecule has 2 aromatic rings. The Hall–Kier alpha value is -4.00. The first-order valence-electron chi connectivity index (χ1n) is 13.1. The predicted molar refractivity (Wildman–Crippen MR) is 144 cm³/mol. The summed E-state index contributed by atoms with van der Waals surface area (Å²) in [5.41, 5.74) is 5.98. The van der Waals surface area contributed by atoms with E-state index in [1.54, 1.807) is 11.5 Å². The number of carboxylic acids is 2. The number of nitrogens with two attached hydrogens (primary N) is 1. The number of aromatic carboxylic acids is 1. The zero-order valence-corrected chi connectivity index (χ0v) is 22.7. The number of carbonyl (C=O) groups excluding carboxylic acids is 2. The van der Waals surface area contributed by atoms with Gasteiger partial charge in [-0.3, -0.25) is 14.4 Å². The number of aliphatic carboxylic acids is 1. The van der Waals surface area contributed by atoms with Crippen LogP contribution < -0.4 is 21.4 Å². The Kier molecular flexibility index (Phi) is 9.85. The van der Waals surface area contributed by atoms with Crippen LogP contribution in [0.1, 0.15) is 68.4 Å². The summed E-state index contributed by atoms with van der Waals surface area (Å²) in [5.74, 6) is -3.58. The molecule has 40 heavy (non-hydrogen) atoms. The number of esters is 1. The van der Waals surface area contributed by atoms with Crippen LogP contribution in [-0.4, -0.2) is 70.4 Å². The summed E-state index contributed by atoms with van der Waals surface area (Å²) in [7, 11) is 0. The molecule has 2 atom stereocenters. The molecule has 0 spiro atoms. The van der Waals surface area contributed by atoms with Crippen molar-refractivity contribution in [2.75, 3.05) is 24.5 Å². The van der Waals surface area contributed by atoms with Crippen LogP contribution in [0, 0.1) is 5.82 Å². The average molecular weight is 563 g/mol. The van der Waals surface area contributed by atoms with Gasteiger partial charge >= 0.3 is 11.9 Å². The quantitative estimate of drug-likeness (QED) is 0.363. The highest BCUT2D eigenvalue weighted by Crippen LogP contribution is 2.39. The van der Waals surface area contributed by atoms with Crippen LogP contribution in [0.25, 0.3) is 10.9 Å². The molecule has 1 aromatic carbocycles. The number of halogens is 1. The summed E-state index contributed by atoms with van der Waals surface area (Å²) >= 11 is 0. The number of hydrogen-bond acceptors (Lipinski definition) is 8. The number of nitrogens with one attached hydrogen (secondary N) is 1. The number of nitrogens with zero attached hydrogens (tertiary/aromatic N) is 2. The van der Waals surface area contributed by atoms with Crippen molar-refractivity contribution in [3.05, 3.63) is 39.4 Å². The molecular weight excluding hydrogens is 527 g/mol. The van der Waals surface area contributed by atoms with Gasteiger partial charge in [0.25, 0.3) is 5.97 Å². The van der Waals surface area contributed by atoms with E-state index in [-0.39, 0.29) is 42.0 Å². The number of anilines is 1. The predicted octanol–water partition coefficient (Wildman–Crippen LogP) is 1.80. The van der Waals surface area contributed by atoms with Gasteiger partial charge in [-0.1, -0.05) is 0 Å². The Balaban J connectivity index is 0.00000103. The van der Waals surface area contributed by atoms with Crippen LogP contribution in [0.15, 0.2) is 17.1 Å². The molecule has 13 heteroatoms. The Bertz CT molecular complexity index is 1360. The van der Waals surface area contributed by atoms with Crippen molar-refractivity contribution >= 4 is 40.4 Å². The van der Waals surface area contributed by atoms with Crippen LogP contribution >= 0.6 is 0 Å². The maximum Gasteiger partial charge on any atom is 0.341 e. The molecule has 4 rings (SSSR count). The molecule has 0 unspecified atom stereocenters. The van der Waals surface area contributed by atoms with E-state index < -0.39 is 35.2 Å². The van der Waals surface area contributed by atoms with Gasteiger partial charge in [0.1, 0.15) is 23.5 Å². The van der Waals surface area contributed by atoms with Crippen molar-refractivity contribution in [2.24, 2.45) is 5.73 Å². The van der Waals surface area contributed by atoms with E-state index in [1.807, 2.05) is 11.8 Å². The van der Waals surface area contributed by atoms with Gasteiger partial charge in [0.15, 0.2) is 0 Å². The number of pyridine rings is 1. The molecule has 0 saturated carbocycles. The van der Waals surface area contributed by atoms with E-state index >= 15 is 4.39 Å². The smallest absolute Gasteiger partial charge is 0.341 e. The number of aromatic nitrogens is 1. The number of hydrogen-bond donors (Lipinski definition) is 4. The number of rotatable bonds is 7. The fraction of sp³-hybridized carbons (Fsp3) is 0.519. The number of benzene rings is 1. The van der Waals surface area contributed by atoms with Crippen molar-refractivity contribution < 1.29 is 38.5 Å². The third kappa shape index (κ3) is 6.76. The Labute approximate surface area is 229 Å². The number of ether oxygens (including phenoxy) is 1. The lowest BCUT2D eigenvalue weighted by molar-refractivity contribution is -0.153. The normalized spacial score (nSPS) is 17.4. The molecule has 0 bridgehead atoms. The molecule has 1 saturated heterocycles. The standard InChI is InChI=1S/C25H31FN4O6.C2H4O2/c1-13-3-4-16-21-17(23(32)18(24(33)34)12-30(13)21)11-19(26)22(16)29-9-6-15(7-10-29)36-25(35)14(2)28-20(31)5-8-27;1-2(3)4/h11-15H,3-10,27H2,1-2H3,(H,28,31)(H,33,34);1H3,(H,3,4)/t13-,14+;/m0./s1. The topological polar surface area (TPSA) is 181 Å². The second kappa shape index (κ2) is 12.9. The first-order chi connectivity index (χ1) is 18.8. The van der Waals surface area contributed by atoms with Gasteiger partial charge in [0.2, 0.25) is 11.3 Å². The average Bonchev–Trinajstić information content (AvgIpc) is 2.87. The fourth-order valence-corrected chi connectivity index (χ4v) is 5.10. The molecular formula is C27H35FN4O8. The number of aryl methyl sites for hydroxylation is 1. The SMILES string of the molecule is CC(=O)O.C[C@@H](NC(=O)CCN)C(=O)OC1CCN(c2c(F)cc3c(=O)c(C(=O)O)cn4c3c2CC[C@@H]4C)CC1. The van der Waals surface area contributed by atoms with Crippen molar-refractivity contribution in [1.29, 1.82) is 0 Å². The molecule has 12 nitrogen and oxygen atoms in total. The van der Waals surface area contributed by atoms with E-state index in [9.17, 15) is 24.3 Å². The van der Waals surface area contributed by atoms with Crippen molar-refractivity contribution in [1.82, 2.24) is 9.88 Å². The maximum absolute atomic E-state index is 15.4. The molecule has 2 aliphatic heterocycles. The van der Waals surface area contributed by atoms with Gasteiger partial charge in [0, 0.05) is 69.0 Å². The highest BCUT2D eigenvalue weighted by molar-refractivity contribution is 5.95. The summed E-state index contributed by atoms with van der Waals surface area (Å²) in [6.45, 7) is 5.65. The van der Waals surface area contributed by atoms with E-state index in [4.69, 9.17) is 20.4 Å². The first-order valence-corrected chi connectivity index (χ1v) is 13.1. The lowest BCUT2D eigenvalue weighted by atomic mass is 9.93. The second-order valence-corrected chi connectivity index (χ2v) is 10.0. The van der Waals surface area contributed by atoms with Gasteiger partial charge in [-0.25, -0.2) is 14.0 Å². The third-order valence-corrected chi connectivity index (χ3v) is 7.00. The van der Waals surface area contributed by atoms with Crippen molar-refractivity contribution in [3.8, 4) is 0 Å². The molecule has 1 fully saturated rings.